The third-order valence-corrected chi connectivity index (χ3v) is 7.18. The van der Waals surface area contributed by atoms with Gasteiger partial charge in [0.15, 0.2) is 0 Å². The molecule has 0 heterocycles. The molecule has 0 fully saturated rings. The van der Waals surface area contributed by atoms with E-state index in [-0.39, 0.29) is 31.1 Å². The summed E-state index contributed by atoms with van der Waals surface area (Å²) in [6.45, 7) is 10.6. The van der Waals surface area contributed by atoms with Gasteiger partial charge in [0, 0.05) is 44.7 Å². The Morgan fingerprint density at radius 1 is 0.674 bits per heavy atom. The van der Waals surface area contributed by atoms with Crippen molar-refractivity contribution in [2.75, 3.05) is 65.9 Å². The average Bonchev–Trinajstić information content (AvgIpc) is 3.03. The molecule has 0 aromatic rings. The van der Waals surface area contributed by atoms with Crippen molar-refractivity contribution in [2.45, 2.75) is 116 Å². The number of nitrogens with one attached hydrogen (secondary N) is 3. The topological polar surface area (TPSA) is 162 Å². The van der Waals surface area contributed by atoms with Crippen LogP contribution in [0.2, 0.25) is 0 Å². The second kappa shape index (κ2) is 33.8. The molecule has 2 amide bonds. The van der Waals surface area contributed by atoms with Crippen molar-refractivity contribution in [1.82, 2.24) is 16.0 Å². The fourth-order valence-electron chi connectivity index (χ4n) is 4.56. The first kappa shape index (κ1) is 43.5. The predicted octanol–water partition coefficient (Wildman–Crippen LogP) is 4.30. The number of hydrogen-bond acceptors (Lipinski definition) is 9. The maximum atomic E-state index is 12.2. The minimum atomic E-state index is -1.14. The molecule has 0 bridgehead atoms. The fraction of sp³-hybridized carbons (Fsp3) is 0.824. The molecular weight excluding hydrogens is 594 g/mol. The molecule has 0 saturated heterocycles. The third-order valence-electron chi connectivity index (χ3n) is 7.18. The Labute approximate surface area is 277 Å². The average molecular weight is 658 g/mol. The van der Waals surface area contributed by atoms with Crippen molar-refractivity contribution in [1.29, 1.82) is 0 Å². The van der Waals surface area contributed by atoms with Crippen LogP contribution in [0.4, 0.5) is 0 Å². The number of amides is 2. The second-order valence-electron chi connectivity index (χ2n) is 11.3. The van der Waals surface area contributed by atoms with Gasteiger partial charge >= 0.3 is 5.97 Å². The molecule has 0 aliphatic carbocycles. The fourth-order valence-corrected chi connectivity index (χ4v) is 4.56. The molecule has 12 nitrogen and oxygen atoms in total. The summed E-state index contributed by atoms with van der Waals surface area (Å²) in [6, 6.07) is -1.09. The third kappa shape index (κ3) is 31.4. The summed E-state index contributed by atoms with van der Waals surface area (Å²) in [4.78, 5) is 46.2. The van der Waals surface area contributed by atoms with Crippen LogP contribution in [0.25, 0.3) is 0 Å². The van der Waals surface area contributed by atoms with Crippen LogP contribution in [0, 0.1) is 0 Å². The van der Waals surface area contributed by atoms with Crippen LogP contribution in [0.5, 0.6) is 0 Å². The number of aldehydes is 1. The molecule has 4 N–H and O–H groups in total. The van der Waals surface area contributed by atoms with Crippen molar-refractivity contribution >= 4 is 24.1 Å². The van der Waals surface area contributed by atoms with Gasteiger partial charge < -0.3 is 44.8 Å². The van der Waals surface area contributed by atoms with Crippen molar-refractivity contribution < 1.29 is 43.2 Å². The van der Waals surface area contributed by atoms with E-state index in [1.54, 1.807) is 0 Å². The minimum absolute atomic E-state index is 0.00675. The van der Waals surface area contributed by atoms with E-state index in [0.29, 0.717) is 72.4 Å². The van der Waals surface area contributed by atoms with E-state index in [4.69, 9.17) is 18.9 Å². The number of carbonyl (C=O) groups is 4. The highest BCUT2D eigenvalue weighted by atomic mass is 16.5. The number of ether oxygens (including phenoxy) is 4. The molecule has 0 saturated carbocycles. The van der Waals surface area contributed by atoms with Crippen LogP contribution in [0.3, 0.4) is 0 Å². The van der Waals surface area contributed by atoms with Crippen LogP contribution < -0.4 is 16.0 Å². The Morgan fingerprint density at radius 2 is 1.20 bits per heavy atom. The van der Waals surface area contributed by atoms with Crippen molar-refractivity contribution in [3.63, 3.8) is 0 Å². The molecule has 1 unspecified atom stereocenters. The van der Waals surface area contributed by atoms with Crippen molar-refractivity contribution in [3.05, 3.63) is 12.3 Å². The van der Waals surface area contributed by atoms with Gasteiger partial charge in [-0.25, -0.2) is 4.79 Å². The van der Waals surface area contributed by atoms with E-state index in [2.05, 4.69) is 22.5 Å². The molecule has 0 rings (SSSR count). The lowest BCUT2D eigenvalue weighted by Crippen LogP contribution is -2.41. The highest BCUT2D eigenvalue weighted by Gasteiger charge is 2.20. The zero-order valence-corrected chi connectivity index (χ0v) is 28.5. The Kier molecular flexibility index (Phi) is 31.9. The first-order valence-electron chi connectivity index (χ1n) is 17.4. The van der Waals surface area contributed by atoms with Gasteiger partial charge in [0.1, 0.15) is 12.3 Å². The van der Waals surface area contributed by atoms with E-state index in [1.807, 2.05) is 6.92 Å². The Balaban J connectivity index is 3.69. The largest absolute Gasteiger partial charge is 0.480 e. The first-order valence-corrected chi connectivity index (χ1v) is 17.4. The zero-order valence-electron chi connectivity index (χ0n) is 28.5. The molecule has 0 radical (unpaired) electrons. The summed E-state index contributed by atoms with van der Waals surface area (Å²) >= 11 is 0. The number of rotatable bonds is 36. The van der Waals surface area contributed by atoms with E-state index >= 15 is 0 Å². The first-order chi connectivity index (χ1) is 22.4. The quantitative estimate of drug-likeness (QED) is 0.0565. The molecule has 0 aromatic heterocycles. The molecular formula is C34H63N3O9. The van der Waals surface area contributed by atoms with E-state index in [1.165, 1.54) is 38.5 Å². The monoisotopic (exact) mass is 657 g/mol. The Bertz CT molecular complexity index is 783. The van der Waals surface area contributed by atoms with Gasteiger partial charge in [0.05, 0.1) is 46.2 Å². The molecule has 0 aliphatic rings. The second-order valence-corrected chi connectivity index (χ2v) is 11.3. The van der Waals surface area contributed by atoms with Crippen LogP contribution >= 0.6 is 0 Å². The number of aliphatic carboxylic acids is 1. The molecule has 0 aromatic carbocycles. The molecule has 0 spiro atoms. The number of hydrogen-bond donors (Lipinski definition) is 4. The van der Waals surface area contributed by atoms with Crippen LogP contribution in [0.15, 0.2) is 12.3 Å². The molecule has 46 heavy (non-hydrogen) atoms. The molecule has 12 heteroatoms. The van der Waals surface area contributed by atoms with E-state index in [9.17, 15) is 24.3 Å². The smallest absolute Gasteiger partial charge is 0.326 e. The van der Waals surface area contributed by atoms with Gasteiger partial charge in [-0.1, -0.05) is 70.8 Å². The maximum Gasteiger partial charge on any atom is 0.326 e. The normalized spacial score (nSPS) is 11.6. The summed E-state index contributed by atoms with van der Waals surface area (Å²) in [7, 11) is 0. The number of unbranched alkanes of at least 4 members (excludes halogenated alkanes) is 12. The highest BCUT2D eigenvalue weighted by Crippen LogP contribution is 2.13. The summed E-state index contributed by atoms with van der Waals surface area (Å²) in [6.07, 6.45) is 15.4. The SMILES string of the molecule is C=C(COCCOCCNC(=O)CCC(NC(=O)CCCCCCCCCCCCCCC=O)C(=O)O)NCCOCCOCC. The molecule has 1 atom stereocenters. The van der Waals surface area contributed by atoms with E-state index in [0.717, 1.165) is 50.5 Å². The number of carboxylic acids is 1. The highest BCUT2D eigenvalue weighted by molar-refractivity contribution is 5.84. The standard InChI is InChI=1S/C34H63N3O9/c1-3-43-25-26-44-23-20-35-30(2)29-46-28-27-45-24-21-36-32(39)19-18-31(34(41)42)37-33(40)17-15-13-11-9-7-5-4-6-8-10-12-14-16-22-38/h22,31,35H,2-21,23-29H2,1H3,(H,36,39)(H,37,40)(H,41,42). The predicted molar refractivity (Wildman–Crippen MR) is 179 cm³/mol. The van der Waals surface area contributed by atoms with Gasteiger partial charge in [-0.3, -0.25) is 9.59 Å². The van der Waals surface area contributed by atoms with Crippen LogP contribution in [0.1, 0.15) is 110 Å². The lowest BCUT2D eigenvalue weighted by molar-refractivity contribution is -0.142. The van der Waals surface area contributed by atoms with Gasteiger partial charge in [0.25, 0.3) is 0 Å². The Hall–Kier alpha value is -2.54. The number of carboxylic acid groups (broad SMARTS) is 1. The van der Waals surface area contributed by atoms with Crippen LogP contribution in [-0.2, 0) is 38.1 Å². The minimum Gasteiger partial charge on any atom is -0.480 e. The molecule has 268 valence electrons. The lowest BCUT2D eigenvalue weighted by Gasteiger charge is -2.14. The summed E-state index contributed by atoms with van der Waals surface area (Å²) in [5.41, 5.74) is 0.750. The zero-order chi connectivity index (χ0) is 33.9. The Morgan fingerprint density at radius 3 is 1.76 bits per heavy atom. The van der Waals surface area contributed by atoms with Crippen LogP contribution in [-0.4, -0.2) is 101 Å². The summed E-state index contributed by atoms with van der Waals surface area (Å²) in [5.74, 6) is -1.73. The van der Waals surface area contributed by atoms with Gasteiger partial charge in [-0.2, -0.15) is 0 Å². The van der Waals surface area contributed by atoms with Crippen molar-refractivity contribution in [2.24, 2.45) is 0 Å². The summed E-state index contributed by atoms with van der Waals surface area (Å²) < 4.78 is 21.5. The maximum absolute atomic E-state index is 12.2. The number of carbonyl (C=O) groups excluding carboxylic acids is 3. The van der Waals surface area contributed by atoms with Crippen molar-refractivity contribution in [3.8, 4) is 0 Å². The van der Waals surface area contributed by atoms with Gasteiger partial charge in [-0.15, -0.1) is 0 Å². The lowest BCUT2D eigenvalue weighted by atomic mass is 10.0. The van der Waals surface area contributed by atoms with E-state index < -0.39 is 12.0 Å². The summed E-state index contributed by atoms with van der Waals surface area (Å²) in [5, 5.41) is 17.8. The van der Waals surface area contributed by atoms with Gasteiger partial charge in [0.2, 0.25) is 11.8 Å². The molecule has 0 aliphatic heterocycles. The van der Waals surface area contributed by atoms with Gasteiger partial charge in [-0.05, 0) is 26.2 Å².